The van der Waals surface area contributed by atoms with E-state index in [0.29, 0.717) is 13.2 Å². The minimum Gasteiger partial charge on any atom is -0.494 e. The highest BCUT2D eigenvalue weighted by Gasteiger charge is 1.94. The van der Waals surface area contributed by atoms with E-state index in [4.69, 9.17) is 9.84 Å². The molecular formula is C12H15NO3. The molecule has 0 atom stereocenters. The van der Waals surface area contributed by atoms with Gasteiger partial charge in [-0.05, 0) is 24.6 Å². The highest BCUT2D eigenvalue weighted by Crippen LogP contribution is 2.12. The summed E-state index contributed by atoms with van der Waals surface area (Å²) in [6.45, 7) is 3.14. The van der Waals surface area contributed by atoms with Gasteiger partial charge in [-0.1, -0.05) is 12.1 Å². The number of aliphatic carboxylic acids is 1. The average Bonchev–Trinajstić information content (AvgIpc) is 2.25. The second kappa shape index (κ2) is 6.50. The lowest BCUT2D eigenvalue weighted by Gasteiger charge is -2.05. The smallest absolute Gasteiger partial charge is 0.329 e. The van der Waals surface area contributed by atoms with Crippen molar-refractivity contribution in [2.75, 3.05) is 6.61 Å². The van der Waals surface area contributed by atoms with Crippen molar-refractivity contribution in [2.45, 2.75) is 13.5 Å². The minimum absolute atomic E-state index is 0.574. The van der Waals surface area contributed by atoms with Crippen LogP contribution in [0.5, 0.6) is 5.75 Å². The standard InChI is InChI=1S/C12H15NO3/c1-2-16-11-5-3-4-10(8-11)9-13-7-6-12(14)15/h3-8,13H,2,9H2,1H3,(H,14,15)/b7-6+. The van der Waals surface area contributed by atoms with Crippen LogP contribution in [0.3, 0.4) is 0 Å². The summed E-state index contributed by atoms with van der Waals surface area (Å²) < 4.78 is 5.35. The number of nitrogens with one attached hydrogen (secondary N) is 1. The number of carbonyl (C=O) groups is 1. The van der Waals surface area contributed by atoms with E-state index in [-0.39, 0.29) is 0 Å². The summed E-state index contributed by atoms with van der Waals surface area (Å²) in [4.78, 5) is 10.2. The second-order valence-electron chi connectivity index (χ2n) is 3.13. The van der Waals surface area contributed by atoms with Crippen LogP contribution in [0.4, 0.5) is 0 Å². The van der Waals surface area contributed by atoms with Crippen LogP contribution in [0, 0.1) is 0 Å². The fraction of sp³-hybridized carbons (Fsp3) is 0.250. The van der Waals surface area contributed by atoms with Crippen LogP contribution in [-0.4, -0.2) is 17.7 Å². The minimum atomic E-state index is -0.962. The van der Waals surface area contributed by atoms with E-state index in [1.54, 1.807) is 0 Å². The summed E-state index contributed by atoms with van der Waals surface area (Å²) in [6, 6.07) is 7.66. The van der Waals surface area contributed by atoms with Crippen LogP contribution in [-0.2, 0) is 11.3 Å². The van der Waals surface area contributed by atoms with Crippen molar-refractivity contribution in [3.8, 4) is 5.75 Å². The molecule has 0 saturated carbocycles. The van der Waals surface area contributed by atoms with Crippen LogP contribution in [0.25, 0.3) is 0 Å². The Morgan fingerprint density at radius 3 is 3.06 bits per heavy atom. The molecule has 0 aliphatic carbocycles. The van der Waals surface area contributed by atoms with Gasteiger partial charge in [-0.2, -0.15) is 0 Å². The van der Waals surface area contributed by atoms with E-state index >= 15 is 0 Å². The molecule has 2 N–H and O–H groups in total. The van der Waals surface area contributed by atoms with Gasteiger partial charge in [0.15, 0.2) is 0 Å². The van der Waals surface area contributed by atoms with Crippen molar-refractivity contribution in [2.24, 2.45) is 0 Å². The summed E-state index contributed by atoms with van der Waals surface area (Å²) in [6.07, 6.45) is 2.47. The Morgan fingerprint density at radius 2 is 2.38 bits per heavy atom. The van der Waals surface area contributed by atoms with Crippen molar-refractivity contribution in [1.82, 2.24) is 5.32 Å². The molecule has 0 radical (unpaired) electrons. The van der Waals surface area contributed by atoms with Crippen molar-refractivity contribution in [3.05, 3.63) is 42.1 Å². The van der Waals surface area contributed by atoms with Crippen LogP contribution < -0.4 is 10.1 Å². The van der Waals surface area contributed by atoms with Crippen LogP contribution >= 0.6 is 0 Å². The van der Waals surface area contributed by atoms with Gasteiger partial charge in [0.05, 0.1) is 6.61 Å². The maximum absolute atomic E-state index is 10.2. The maximum atomic E-state index is 10.2. The Hall–Kier alpha value is -1.97. The number of hydrogen-bond acceptors (Lipinski definition) is 3. The second-order valence-corrected chi connectivity index (χ2v) is 3.13. The lowest BCUT2D eigenvalue weighted by molar-refractivity contribution is -0.131. The van der Waals surface area contributed by atoms with Gasteiger partial charge < -0.3 is 15.2 Å². The molecule has 0 bridgehead atoms. The number of ether oxygens (including phenoxy) is 1. The molecule has 86 valence electrons. The third kappa shape index (κ3) is 4.50. The molecule has 1 rings (SSSR count). The molecule has 16 heavy (non-hydrogen) atoms. The molecule has 0 aromatic heterocycles. The van der Waals surface area contributed by atoms with E-state index < -0.39 is 5.97 Å². The van der Waals surface area contributed by atoms with Crippen molar-refractivity contribution >= 4 is 5.97 Å². The monoisotopic (exact) mass is 221 g/mol. The summed E-state index contributed by atoms with van der Waals surface area (Å²) in [5.41, 5.74) is 1.04. The van der Waals surface area contributed by atoms with Crippen LogP contribution in [0.2, 0.25) is 0 Å². The Balaban J connectivity index is 2.47. The SMILES string of the molecule is CCOc1cccc(CN/C=C/C(=O)O)c1. The van der Waals surface area contributed by atoms with Crippen molar-refractivity contribution < 1.29 is 14.6 Å². The van der Waals surface area contributed by atoms with Gasteiger partial charge in [-0.3, -0.25) is 0 Å². The molecule has 0 heterocycles. The number of carboxylic acid groups (broad SMARTS) is 1. The van der Waals surface area contributed by atoms with Gasteiger partial charge in [-0.15, -0.1) is 0 Å². The Kier molecular flexibility index (Phi) is 4.92. The van der Waals surface area contributed by atoms with Crippen molar-refractivity contribution in [3.63, 3.8) is 0 Å². The van der Waals surface area contributed by atoms with E-state index in [1.807, 2.05) is 31.2 Å². The first-order chi connectivity index (χ1) is 7.72. The van der Waals surface area contributed by atoms with Crippen LogP contribution in [0.1, 0.15) is 12.5 Å². The lowest BCUT2D eigenvalue weighted by atomic mass is 10.2. The Bertz CT molecular complexity index is 374. The van der Waals surface area contributed by atoms with E-state index in [2.05, 4.69) is 5.32 Å². The predicted molar refractivity (Wildman–Crippen MR) is 61.2 cm³/mol. The maximum Gasteiger partial charge on any atom is 0.329 e. The summed E-state index contributed by atoms with van der Waals surface area (Å²) in [5.74, 6) is -0.139. The summed E-state index contributed by atoms with van der Waals surface area (Å²) in [7, 11) is 0. The van der Waals surface area contributed by atoms with Gasteiger partial charge in [0.25, 0.3) is 0 Å². The fourth-order valence-corrected chi connectivity index (χ4v) is 1.22. The number of rotatable bonds is 6. The number of benzene rings is 1. The molecule has 0 amide bonds. The third-order valence-electron chi connectivity index (χ3n) is 1.86. The molecule has 0 fully saturated rings. The van der Waals surface area contributed by atoms with Crippen LogP contribution in [0.15, 0.2) is 36.5 Å². The Morgan fingerprint density at radius 1 is 1.56 bits per heavy atom. The van der Waals surface area contributed by atoms with E-state index in [1.165, 1.54) is 6.20 Å². The average molecular weight is 221 g/mol. The zero-order valence-corrected chi connectivity index (χ0v) is 9.14. The quantitative estimate of drug-likeness (QED) is 0.719. The molecule has 0 unspecified atom stereocenters. The van der Waals surface area contributed by atoms with E-state index in [0.717, 1.165) is 17.4 Å². The molecule has 1 aromatic carbocycles. The van der Waals surface area contributed by atoms with E-state index in [9.17, 15) is 4.79 Å². The molecular weight excluding hydrogens is 206 g/mol. The highest BCUT2D eigenvalue weighted by atomic mass is 16.5. The lowest BCUT2D eigenvalue weighted by Crippen LogP contribution is -2.05. The molecule has 0 aliphatic rings. The summed E-state index contributed by atoms with van der Waals surface area (Å²) in [5, 5.41) is 11.3. The number of carboxylic acids is 1. The normalized spacial score (nSPS) is 10.3. The third-order valence-corrected chi connectivity index (χ3v) is 1.86. The molecule has 0 spiro atoms. The predicted octanol–water partition coefficient (Wildman–Crippen LogP) is 1.77. The first-order valence-corrected chi connectivity index (χ1v) is 5.07. The van der Waals surface area contributed by atoms with Crippen molar-refractivity contribution in [1.29, 1.82) is 0 Å². The van der Waals surface area contributed by atoms with Gasteiger partial charge in [0.1, 0.15) is 5.75 Å². The zero-order chi connectivity index (χ0) is 11.8. The molecule has 0 aliphatic heterocycles. The zero-order valence-electron chi connectivity index (χ0n) is 9.14. The molecule has 1 aromatic rings. The first kappa shape index (κ1) is 12.1. The first-order valence-electron chi connectivity index (χ1n) is 5.07. The summed E-state index contributed by atoms with van der Waals surface area (Å²) >= 11 is 0. The topological polar surface area (TPSA) is 58.6 Å². The van der Waals surface area contributed by atoms with Gasteiger partial charge >= 0.3 is 5.97 Å². The van der Waals surface area contributed by atoms with Gasteiger partial charge in [-0.25, -0.2) is 4.79 Å². The molecule has 4 heteroatoms. The molecule has 4 nitrogen and oxygen atoms in total. The molecule has 0 saturated heterocycles. The number of hydrogen-bond donors (Lipinski definition) is 2. The fourth-order valence-electron chi connectivity index (χ4n) is 1.22. The Labute approximate surface area is 94.6 Å². The highest BCUT2D eigenvalue weighted by molar-refractivity contribution is 5.79. The van der Waals surface area contributed by atoms with Gasteiger partial charge in [0.2, 0.25) is 0 Å². The van der Waals surface area contributed by atoms with Gasteiger partial charge in [0, 0.05) is 18.8 Å². The largest absolute Gasteiger partial charge is 0.494 e.